The third-order valence-electron chi connectivity index (χ3n) is 4.35. The van der Waals surface area contributed by atoms with Gasteiger partial charge in [-0.25, -0.2) is 0 Å². The van der Waals surface area contributed by atoms with E-state index in [1.165, 1.54) is 16.7 Å². The van der Waals surface area contributed by atoms with E-state index >= 15 is 0 Å². The van der Waals surface area contributed by atoms with Gasteiger partial charge < -0.3 is 15.2 Å². The van der Waals surface area contributed by atoms with Crippen molar-refractivity contribution in [3.05, 3.63) is 69.8 Å². The fourth-order valence-corrected chi connectivity index (χ4v) is 2.68. The van der Waals surface area contributed by atoms with Gasteiger partial charge in [0.25, 0.3) is 17.4 Å². The average molecular weight is 405 g/mol. The number of aliphatic imine (C=N–C) groups is 1. The Hall–Kier alpha value is -3.99. The Balaban J connectivity index is 2.34. The van der Waals surface area contributed by atoms with Crippen molar-refractivity contribution in [2.45, 2.75) is 26.3 Å². The predicted octanol–water partition coefficient (Wildman–Crippen LogP) is 2.17. The third-order valence-corrected chi connectivity index (χ3v) is 4.35. The van der Waals surface area contributed by atoms with E-state index in [1.54, 1.807) is 40.0 Å². The van der Waals surface area contributed by atoms with Gasteiger partial charge in [-0.05, 0) is 51.1 Å². The van der Waals surface area contributed by atoms with Crippen molar-refractivity contribution >= 4 is 29.4 Å². The number of nitrogens with one attached hydrogen (secondary N) is 2. The van der Waals surface area contributed by atoms with E-state index in [4.69, 9.17) is 5.26 Å². The average Bonchev–Trinajstić information content (AvgIpc) is 2.72. The van der Waals surface area contributed by atoms with E-state index in [9.17, 15) is 14.4 Å². The molecule has 8 nitrogen and oxygen atoms in total. The first-order chi connectivity index (χ1) is 14.1. The molecule has 0 aliphatic carbocycles. The second-order valence-corrected chi connectivity index (χ2v) is 7.06. The molecular formula is C22H23N5O3. The van der Waals surface area contributed by atoms with Crippen LogP contribution in [-0.4, -0.2) is 28.6 Å². The zero-order valence-corrected chi connectivity index (χ0v) is 17.3. The zero-order valence-electron chi connectivity index (χ0n) is 17.3. The molecule has 1 aromatic carbocycles. The van der Waals surface area contributed by atoms with Gasteiger partial charge in [0.15, 0.2) is 0 Å². The number of hydrogen-bond acceptors (Lipinski definition) is 5. The number of fused-ring (bicyclic) bond motifs is 1. The number of allylic oxidation sites excluding steroid dienone is 2. The van der Waals surface area contributed by atoms with E-state index in [1.807, 2.05) is 24.3 Å². The molecular weight excluding hydrogens is 382 g/mol. The molecule has 1 heterocycles. The summed E-state index contributed by atoms with van der Waals surface area (Å²) in [4.78, 5) is 41.4. The Labute approximate surface area is 174 Å². The molecule has 2 N–H and O–H groups in total. The second kappa shape index (κ2) is 9.01. The number of benzene rings is 1. The number of nitrogens with zero attached hydrogens (tertiary/aromatic N) is 3. The van der Waals surface area contributed by atoms with E-state index in [2.05, 4.69) is 22.3 Å². The fraction of sp³-hybridized carbons (Fsp3) is 0.227. The van der Waals surface area contributed by atoms with Crippen LogP contribution >= 0.6 is 0 Å². The topological polar surface area (TPSA) is 116 Å². The summed E-state index contributed by atoms with van der Waals surface area (Å²) in [5, 5.41) is 14.9. The molecule has 8 heteroatoms. The minimum absolute atomic E-state index is 0.0351. The molecule has 2 aromatic rings. The number of nitriles is 1. The molecule has 30 heavy (non-hydrogen) atoms. The van der Waals surface area contributed by atoms with Crippen LogP contribution in [0.5, 0.6) is 0 Å². The normalized spacial score (nSPS) is 12.2. The number of hydrogen-bond donors (Lipinski definition) is 2. The Morgan fingerprint density at radius 2 is 1.97 bits per heavy atom. The van der Waals surface area contributed by atoms with Crippen LogP contribution in [0.4, 0.5) is 0 Å². The van der Waals surface area contributed by atoms with E-state index < -0.39 is 22.9 Å². The molecule has 0 spiro atoms. The van der Waals surface area contributed by atoms with Gasteiger partial charge in [0.05, 0.1) is 11.6 Å². The molecule has 0 aliphatic heterocycles. The number of pyridine rings is 1. The van der Waals surface area contributed by atoms with Gasteiger partial charge in [0.2, 0.25) is 0 Å². The highest BCUT2D eigenvalue weighted by Crippen LogP contribution is 2.13. The van der Waals surface area contributed by atoms with Crippen LogP contribution in [0.2, 0.25) is 0 Å². The van der Waals surface area contributed by atoms with Crippen LogP contribution < -0.4 is 16.2 Å². The number of carbonyl (C=O) groups excluding carboxylic acids is 2. The molecule has 0 bridgehead atoms. The van der Waals surface area contributed by atoms with Gasteiger partial charge >= 0.3 is 0 Å². The minimum Gasteiger partial charge on any atom is -0.333 e. The monoisotopic (exact) mass is 405 g/mol. The highest BCUT2D eigenvalue weighted by atomic mass is 16.2. The summed E-state index contributed by atoms with van der Waals surface area (Å²) in [5.74, 6) is -1.24. The first-order valence-electron chi connectivity index (χ1n) is 9.12. The van der Waals surface area contributed by atoms with E-state index in [0.717, 1.165) is 5.39 Å². The van der Waals surface area contributed by atoms with Crippen molar-refractivity contribution in [1.82, 2.24) is 15.2 Å². The molecule has 1 aromatic heterocycles. The van der Waals surface area contributed by atoms with Crippen molar-refractivity contribution in [3.63, 3.8) is 0 Å². The maximum Gasteiger partial charge on any atom is 0.271 e. The molecule has 0 radical (unpaired) electrons. The van der Waals surface area contributed by atoms with Gasteiger partial charge in [-0.3, -0.25) is 19.4 Å². The molecule has 0 saturated heterocycles. The summed E-state index contributed by atoms with van der Waals surface area (Å²) in [6.45, 7) is 8.10. The maximum absolute atomic E-state index is 12.8. The van der Waals surface area contributed by atoms with Crippen molar-refractivity contribution in [2.24, 2.45) is 12.0 Å². The fourth-order valence-electron chi connectivity index (χ4n) is 2.68. The van der Waals surface area contributed by atoms with Crippen molar-refractivity contribution in [1.29, 1.82) is 5.26 Å². The predicted molar refractivity (Wildman–Crippen MR) is 116 cm³/mol. The molecule has 0 atom stereocenters. The summed E-state index contributed by atoms with van der Waals surface area (Å²) in [6.07, 6.45) is 2.87. The van der Waals surface area contributed by atoms with Crippen LogP contribution in [0.15, 0.2) is 63.7 Å². The largest absolute Gasteiger partial charge is 0.333 e. The summed E-state index contributed by atoms with van der Waals surface area (Å²) >= 11 is 0. The molecule has 0 saturated carbocycles. The first kappa shape index (κ1) is 22.3. The summed E-state index contributed by atoms with van der Waals surface area (Å²) in [6, 6.07) is 10.7. The number of rotatable bonds is 6. The van der Waals surface area contributed by atoms with Crippen LogP contribution in [0.25, 0.3) is 10.9 Å². The highest BCUT2D eigenvalue weighted by molar-refractivity contribution is 5.99. The Bertz CT molecular complexity index is 1180. The molecule has 0 unspecified atom stereocenters. The zero-order chi connectivity index (χ0) is 22.5. The first-order valence-corrected chi connectivity index (χ1v) is 9.12. The van der Waals surface area contributed by atoms with Gasteiger partial charge in [-0.2, -0.15) is 5.26 Å². The third kappa shape index (κ3) is 4.89. The molecule has 0 aliphatic rings. The summed E-state index contributed by atoms with van der Waals surface area (Å²) in [5.41, 5.74) is -0.702. The minimum atomic E-state index is -1.10. The van der Waals surface area contributed by atoms with Gasteiger partial charge in [0, 0.05) is 12.7 Å². The van der Waals surface area contributed by atoms with Gasteiger partial charge in [-0.1, -0.05) is 24.3 Å². The summed E-state index contributed by atoms with van der Waals surface area (Å²) < 4.78 is 1.41. The lowest BCUT2D eigenvalue weighted by molar-refractivity contribution is -0.118. The number of aromatic nitrogens is 1. The number of carbonyl (C=O) groups is 2. The quantitative estimate of drug-likeness (QED) is 0.435. The number of amides is 2. The van der Waals surface area contributed by atoms with Gasteiger partial charge in [-0.15, -0.1) is 0 Å². The SMILES string of the molecule is C=N/C(=C\C(=C/C)NC(=O)c1cc2ccccc2n(C)c1=O)C(=O)NC(C)(C)C#N. The van der Waals surface area contributed by atoms with Crippen molar-refractivity contribution in [3.8, 4) is 6.07 Å². The van der Waals surface area contributed by atoms with Crippen molar-refractivity contribution < 1.29 is 9.59 Å². The highest BCUT2D eigenvalue weighted by Gasteiger charge is 2.22. The number of para-hydroxylation sites is 1. The lowest BCUT2D eigenvalue weighted by atomic mass is 10.1. The molecule has 2 rings (SSSR count). The van der Waals surface area contributed by atoms with Crippen LogP contribution in [0, 0.1) is 11.3 Å². The molecule has 154 valence electrons. The van der Waals surface area contributed by atoms with Gasteiger partial charge in [0.1, 0.15) is 16.8 Å². The van der Waals surface area contributed by atoms with E-state index in [-0.39, 0.29) is 17.0 Å². The lowest BCUT2D eigenvalue weighted by Crippen LogP contribution is -2.42. The molecule has 2 amide bonds. The summed E-state index contributed by atoms with van der Waals surface area (Å²) in [7, 11) is 1.60. The maximum atomic E-state index is 12.8. The van der Waals surface area contributed by atoms with Crippen LogP contribution in [0.3, 0.4) is 0 Å². The Morgan fingerprint density at radius 3 is 2.57 bits per heavy atom. The van der Waals surface area contributed by atoms with Crippen molar-refractivity contribution in [2.75, 3.05) is 0 Å². The number of aryl methyl sites for hydroxylation is 1. The van der Waals surface area contributed by atoms with E-state index in [0.29, 0.717) is 5.52 Å². The van der Waals surface area contributed by atoms with Crippen LogP contribution in [0.1, 0.15) is 31.1 Å². The lowest BCUT2D eigenvalue weighted by Gasteiger charge is -2.17. The smallest absolute Gasteiger partial charge is 0.271 e. The Kier molecular flexibility index (Phi) is 6.70. The van der Waals surface area contributed by atoms with Crippen LogP contribution in [-0.2, 0) is 11.8 Å². The molecule has 0 fully saturated rings. The Morgan fingerprint density at radius 1 is 1.30 bits per heavy atom. The second-order valence-electron chi connectivity index (χ2n) is 7.06. The standard InChI is InChI=1S/C22H23N5O3/c1-6-15(12-17(24-4)20(29)26-22(2,3)13-23)25-19(28)16-11-14-9-7-8-10-18(14)27(5)21(16)30/h6-12H,4H2,1-3,5H3,(H,25,28)(H,26,29)/b15-6+,17-12-.